The van der Waals surface area contributed by atoms with Crippen LogP contribution in [0.25, 0.3) is 0 Å². The topological polar surface area (TPSA) is 59.1 Å². The van der Waals surface area contributed by atoms with Crippen molar-refractivity contribution >= 4 is 11.8 Å². The number of amides is 2. The molecule has 2 amide bonds. The summed E-state index contributed by atoms with van der Waals surface area (Å²) in [7, 11) is 0. The molecule has 2 heterocycles. The van der Waals surface area contributed by atoms with E-state index in [1.807, 2.05) is 9.80 Å². The zero-order valence-electron chi connectivity index (χ0n) is 12.7. The third-order valence-electron chi connectivity index (χ3n) is 4.01. The summed E-state index contributed by atoms with van der Waals surface area (Å²) in [4.78, 5) is 27.6. The van der Waals surface area contributed by atoms with Crippen LogP contribution in [0.3, 0.4) is 0 Å². The van der Waals surface area contributed by atoms with Crippen LogP contribution in [-0.2, 0) is 19.1 Å². The fourth-order valence-electron chi connectivity index (χ4n) is 2.67. The molecule has 2 saturated heterocycles. The average Bonchev–Trinajstić information content (AvgIpc) is 2.55. The molecule has 2 aliphatic heterocycles. The summed E-state index contributed by atoms with van der Waals surface area (Å²) in [5, 5.41) is 0. The van der Waals surface area contributed by atoms with Crippen molar-refractivity contribution < 1.29 is 19.1 Å². The van der Waals surface area contributed by atoms with Gasteiger partial charge in [0.1, 0.15) is 0 Å². The number of morpholine rings is 2. The van der Waals surface area contributed by atoms with Gasteiger partial charge < -0.3 is 19.3 Å². The Bertz CT molecular complexity index is 305. The van der Waals surface area contributed by atoms with E-state index in [0.29, 0.717) is 65.4 Å². The maximum Gasteiger partial charge on any atom is 0.222 e. The van der Waals surface area contributed by atoms with Crippen molar-refractivity contribution in [2.75, 3.05) is 52.6 Å². The lowest BCUT2D eigenvalue weighted by molar-refractivity contribution is -0.135. The summed E-state index contributed by atoms with van der Waals surface area (Å²) in [6, 6.07) is 0. The number of ether oxygens (including phenoxy) is 2. The van der Waals surface area contributed by atoms with Gasteiger partial charge in [-0.15, -0.1) is 0 Å². The lowest BCUT2D eigenvalue weighted by Crippen LogP contribution is -2.40. The second-order valence-electron chi connectivity index (χ2n) is 5.55. The van der Waals surface area contributed by atoms with Gasteiger partial charge in [0.05, 0.1) is 26.4 Å². The molecule has 0 saturated carbocycles. The number of hydrogen-bond donors (Lipinski definition) is 0. The molecule has 0 aromatic heterocycles. The van der Waals surface area contributed by atoms with Crippen molar-refractivity contribution in [3.8, 4) is 0 Å². The van der Waals surface area contributed by atoms with Gasteiger partial charge in [-0.2, -0.15) is 0 Å². The Kier molecular flexibility index (Phi) is 6.95. The fraction of sp³-hybridized carbons (Fsp3) is 0.867. The minimum Gasteiger partial charge on any atom is -0.378 e. The van der Waals surface area contributed by atoms with Gasteiger partial charge in [0.25, 0.3) is 0 Å². The van der Waals surface area contributed by atoms with Crippen LogP contribution in [0.15, 0.2) is 0 Å². The zero-order chi connectivity index (χ0) is 14.9. The summed E-state index contributed by atoms with van der Waals surface area (Å²) < 4.78 is 10.5. The first kappa shape index (κ1) is 16.2. The highest BCUT2D eigenvalue weighted by atomic mass is 16.5. The Hall–Kier alpha value is -1.14. The largest absolute Gasteiger partial charge is 0.378 e. The lowest BCUT2D eigenvalue weighted by atomic mass is 10.1. The number of carbonyl (C=O) groups is 2. The Labute approximate surface area is 126 Å². The highest BCUT2D eigenvalue weighted by Crippen LogP contribution is 2.09. The summed E-state index contributed by atoms with van der Waals surface area (Å²) >= 11 is 0. The summed E-state index contributed by atoms with van der Waals surface area (Å²) in [6.45, 7) is 5.48. The van der Waals surface area contributed by atoms with Crippen LogP contribution in [0.1, 0.15) is 32.1 Å². The van der Waals surface area contributed by atoms with Gasteiger partial charge in [-0.1, -0.05) is 6.42 Å². The van der Waals surface area contributed by atoms with Crippen molar-refractivity contribution in [2.24, 2.45) is 0 Å². The number of rotatable bonds is 6. The number of hydrogen-bond acceptors (Lipinski definition) is 4. The monoisotopic (exact) mass is 298 g/mol. The first-order valence-electron chi connectivity index (χ1n) is 7.98. The standard InChI is InChI=1S/C15H26N2O4/c18-14(16-6-10-20-11-7-16)4-2-1-3-5-15(19)17-8-12-21-13-9-17/h1-13H2. The third-order valence-corrected chi connectivity index (χ3v) is 4.01. The van der Waals surface area contributed by atoms with E-state index in [-0.39, 0.29) is 11.8 Å². The van der Waals surface area contributed by atoms with Crippen molar-refractivity contribution in [2.45, 2.75) is 32.1 Å². The van der Waals surface area contributed by atoms with Crippen LogP contribution in [-0.4, -0.2) is 74.2 Å². The van der Waals surface area contributed by atoms with Gasteiger partial charge in [0.15, 0.2) is 0 Å². The van der Waals surface area contributed by atoms with Crippen LogP contribution in [0, 0.1) is 0 Å². The van der Waals surface area contributed by atoms with Gasteiger partial charge in [-0.3, -0.25) is 9.59 Å². The second-order valence-corrected chi connectivity index (χ2v) is 5.55. The van der Waals surface area contributed by atoms with Crippen LogP contribution >= 0.6 is 0 Å². The smallest absolute Gasteiger partial charge is 0.222 e. The minimum atomic E-state index is 0.220. The normalized spacial score (nSPS) is 19.6. The summed E-state index contributed by atoms with van der Waals surface area (Å²) in [6.07, 6.45) is 3.85. The molecule has 0 bridgehead atoms. The van der Waals surface area contributed by atoms with Crippen molar-refractivity contribution in [3.63, 3.8) is 0 Å². The first-order valence-corrected chi connectivity index (χ1v) is 7.98. The third kappa shape index (κ3) is 5.63. The van der Waals surface area contributed by atoms with Crippen LogP contribution < -0.4 is 0 Å². The number of carbonyl (C=O) groups excluding carboxylic acids is 2. The molecule has 0 aliphatic carbocycles. The molecule has 2 aliphatic rings. The highest BCUT2D eigenvalue weighted by molar-refractivity contribution is 5.76. The molecular formula is C15H26N2O4. The van der Waals surface area contributed by atoms with Gasteiger partial charge >= 0.3 is 0 Å². The van der Waals surface area contributed by atoms with Crippen LogP contribution in [0.4, 0.5) is 0 Å². The molecule has 0 unspecified atom stereocenters. The molecular weight excluding hydrogens is 272 g/mol. The van der Waals surface area contributed by atoms with Gasteiger partial charge in [0.2, 0.25) is 11.8 Å². The number of nitrogens with zero attached hydrogens (tertiary/aromatic N) is 2. The van der Waals surface area contributed by atoms with E-state index in [1.165, 1.54) is 0 Å². The Balaban J connectivity index is 1.51. The van der Waals surface area contributed by atoms with Gasteiger partial charge in [-0.25, -0.2) is 0 Å². The van der Waals surface area contributed by atoms with E-state index in [0.717, 1.165) is 19.3 Å². The SMILES string of the molecule is O=C(CCCCCC(=O)N1CCOCC1)N1CCOCC1. The Morgan fingerprint density at radius 3 is 1.43 bits per heavy atom. The predicted molar refractivity (Wildman–Crippen MR) is 77.9 cm³/mol. The van der Waals surface area contributed by atoms with Gasteiger partial charge in [0, 0.05) is 39.0 Å². The molecule has 6 heteroatoms. The second kappa shape index (κ2) is 9.00. The molecule has 2 rings (SSSR count). The molecule has 21 heavy (non-hydrogen) atoms. The van der Waals surface area contributed by atoms with E-state index in [1.54, 1.807) is 0 Å². The van der Waals surface area contributed by atoms with E-state index < -0.39 is 0 Å². The minimum absolute atomic E-state index is 0.220. The highest BCUT2D eigenvalue weighted by Gasteiger charge is 2.17. The molecule has 0 spiro atoms. The van der Waals surface area contributed by atoms with E-state index >= 15 is 0 Å². The molecule has 120 valence electrons. The maximum atomic E-state index is 11.9. The number of unbranched alkanes of at least 4 members (excludes halogenated alkanes) is 2. The zero-order valence-corrected chi connectivity index (χ0v) is 12.7. The molecule has 0 N–H and O–H groups in total. The fourth-order valence-corrected chi connectivity index (χ4v) is 2.67. The molecule has 0 aromatic rings. The molecule has 2 fully saturated rings. The van der Waals surface area contributed by atoms with Crippen LogP contribution in [0.2, 0.25) is 0 Å². The summed E-state index contributed by atoms with van der Waals surface area (Å²) in [5.41, 5.74) is 0. The predicted octanol–water partition coefficient (Wildman–Crippen LogP) is 0.655. The van der Waals surface area contributed by atoms with E-state index in [9.17, 15) is 9.59 Å². The van der Waals surface area contributed by atoms with Crippen molar-refractivity contribution in [3.05, 3.63) is 0 Å². The van der Waals surface area contributed by atoms with E-state index in [2.05, 4.69) is 0 Å². The van der Waals surface area contributed by atoms with Crippen molar-refractivity contribution in [1.82, 2.24) is 9.80 Å². The van der Waals surface area contributed by atoms with Crippen molar-refractivity contribution in [1.29, 1.82) is 0 Å². The lowest BCUT2D eigenvalue weighted by Gasteiger charge is -2.27. The van der Waals surface area contributed by atoms with Gasteiger partial charge in [-0.05, 0) is 12.8 Å². The summed E-state index contributed by atoms with van der Waals surface area (Å²) in [5.74, 6) is 0.440. The van der Waals surface area contributed by atoms with Crippen LogP contribution in [0.5, 0.6) is 0 Å². The average molecular weight is 298 g/mol. The Morgan fingerprint density at radius 2 is 1.05 bits per heavy atom. The quantitative estimate of drug-likeness (QED) is 0.676. The van der Waals surface area contributed by atoms with E-state index in [4.69, 9.17) is 9.47 Å². The molecule has 6 nitrogen and oxygen atoms in total. The molecule has 0 atom stereocenters. The molecule has 0 aromatic carbocycles. The first-order chi connectivity index (χ1) is 10.3. The maximum absolute atomic E-state index is 11.9. The Morgan fingerprint density at radius 1 is 0.667 bits per heavy atom. The molecule has 0 radical (unpaired) electrons.